The van der Waals surface area contributed by atoms with Gasteiger partial charge in [-0.1, -0.05) is 37.8 Å². The lowest BCUT2D eigenvalue weighted by molar-refractivity contribution is -0.138. The van der Waals surface area contributed by atoms with Crippen LogP contribution in [0.3, 0.4) is 0 Å². The summed E-state index contributed by atoms with van der Waals surface area (Å²) in [7, 11) is 0. The minimum Gasteiger partial charge on any atom is -0.352 e. The molecule has 2 unspecified atom stereocenters. The number of nitrogens with zero attached hydrogens (tertiary/aromatic N) is 1. The average Bonchev–Trinajstić information content (AvgIpc) is 3.02. The highest BCUT2D eigenvalue weighted by molar-refractivity contribution is 8.00. The van der Waals surface area contributed by atoms with Crippen molar-refractivity contribution in [2.75, 3.05) is 18.8 Å². The van der Waals surface area contributed by atoms with E-state index in [-0.39, 0.29) is 28.4 Å². The third kappa shape index (κ3) is 6.62. The van der Waals surface area contributed by atoms with Crippen molar-refractivity contribution in [3.63, 3.8) is 0 Å². The van der Waals surface area contributed by atoms with Gasteiger partial charge in [0.25, 0.3) is 5.91 Å². The van der Waals surface area contributed by atoms with Crippen molar-refractivity contribution in [1.82, 2.24) is 10.2 Å². The van der Waals surface area contributed by atoms with E-state index in [1.54, 1.807) is 0 Å². The Labute approximate surface area is 196 Å². The summed E-state index contributed by atoms with van der Waals surface area (Å²) in [6.45, 7) is 5.01. The van der Waals surface area contributed by atoms with Crippen LogP contribution in [0, 0.1) is 17.3 Å². The van der Waals surface area contributed by atoms with Crippen LogP contribution in [-0.2, 0) is 16.0 Å². The van der Waals surface area contributed by atoms with E-state index in [0.29, 0.717) is 31.5 Å². The van der Waals surface area contributed by atoms with E-state index in [1.807, 2.05) is 31.2 Å². The largest absolute Gasteiger partial charge is 0.352 e. The van der Waals surface area contributed by atoms with Gasteiger partial charge >= 0.3 is 0 Å². The molecule has 0 saturated carbocycles. The van der Waals surface area contributed by atoms with Crippen LogP contribution >= 0.6 is 11.8 Å². The molecule has 0 radical (unpaired) electrons. The molecule has 172 valence electrons. The van der Waals surface area contributed by atoms with Crippen molar-refractivity contribution in [1.29, 1.82) is 0 Å². The Morgan fingerprint density at radius 3 is 2.75 bits per heavy atom. The summed E-state index contributed by atoms with van der Waals surface area (Å²) in [5.74, 6) is 7.29. The van der Waals surface area contributed by atoms with E-state index in [0.717, 1.165) is 25.0 Å². The first-order chi connectivity index (χ1) is 15.4. The molecule has 1 aromatic carbocycles. The minimum absolute atomic E-state index is 0.00325. The number of benzene rings is 1. The second-order valence-electron chi connectivity index (χ2n) is 8.94. The smallest absolute Gasteiger partial charge is 0.251 e. The Bertz CT molecular complexity index is 887. The Balaban J connectivity index is 1.45. The highest BCUT2D eigenvalue weighted by atomic mass is 32.2. The lowest BCUT2D eigenvalue weighted by Gasteiger charge is -2.25. The van der Waals surface area contributed by atoms with Crippen LogP contribution in [0.1, 0.15) is 74.7 Å². The van der Waals surface area contributed by atoms with Crippen molar-refractivity contribution < 1.29 is 14.4 Å². The van der Waals surface area contributed by atoms with Crippen molar-refractivity contribution >= 4 is 29.5 Å². The van der Waals surface area contributed by atoms with Gasteiger partial charge in [0, 0.05) is 36.9 Å². The molecule has 3 rings (SSSR count). The Morgan fingerprint density at radius 2 is 2.00 bits per heavy atom. The van der Waals surface area contributed by atoms with Crippen molar-refractivity contribution in [3.8, 4) is 11.8 Å². The number of carbonyl (C=O) groups excluding carboxylic acids is 3. The number of hydrogen-bond acceptors (Lipinski definition) is 4. The number of amides is 3. The average molecular weight is 455 g/mol. The van der Waals surface area contributed by atoms with Crippen LogP contribution in [0.15, 0.2) is 24.3 Å². The van der Waals surface area contributed by atoms with Crippen LogP contribution in [0.25, 0.3) is 0 Å². The topological polar surface area (TPSA) is 66.5 Å². The van der Waals surface area contributed by atoms with Gasteiger partial charge in [-0.25, -0.2) is 0 Å². The molecule has 1 aliphatic carbocycles. The molecule has 0 aromatic heterocycles. The van der Waals surface area contributed by atoms with E-state index in [4.69, 9.17) is 0 Å². The van der Waals surface area contributed by atoms with E-state index < -0.39 is 0 Å². The highest BCUT2D eigenvalue weighted by Gasteiger charge is 2.37. The fourth-order valence-electron chi connectivity index (χ4n) is 4.36. The summed E-state index contributed by atoms with van der Waals surface area (Å²) in [4.78, 5) is 38.1. The van der Waals surface area contributed by atoms with Gasteiger partial charge in [-0.2, -0.15) is 0 Å². The molecule has 1 saturated heterocycles. The first kappa shape index (κ1) is 24.4. The number of hydrogen-bond donors (Lipinski definition) is 1. The van der Waals surface area contributed by atoms with Crippen LogP contribution in [-0.4, -0.2) is 46.7 Å². The molecule has 0 spiro atoms. The third-order valence-corrected chi connectivity index (χ3v) is 7.25. The molecular formula is C26H34N2O3S. The molecule has 1 aliphatic heterocycles. The van der Waals surface area contributed by atoms with E-state index in [9.17, 15) is 14.4 Å². The predicted octanol–water partition coefficient (Wildman–Crippen LogP) is 4.20. The molecule has 1 N–H and O–H groups in total. The lowest BCUT2D eigenvalue weighted by Crippen LogP contribution is -2.34. The molecule has 1 fully saturated rings. The number of thioether (sulfide) groups is 1. The Kier molecular flexibility index (Phi) is 8.81. The maximum atomic E-state index is 12.5. The number of likely N-dealkylation sites (tertiary alicyclic amines) is 1. The second kappa shape index (κ2) is 11.6. The standard InChI is InChI=1S/C26H34N2O3S/c1-3-32-22-18-23(29)28(25(22)31)17-9-16-27-24(30)21-12-10-20(11-13-21)19-26(2)14-7-5-4-6-8-15-26/h10-13,22H,3-7,9,14,16-19H2,1-2H3,(H,27,30). The monoisotopic (exact) mass is 454 g/mol. The SMILES string of the molecule is CCSC1CC(=O)N(CCCNC(=O)c2ccc(CC3(C)C#CCCCCC3)cc2)C1=O. The minimum atomic E-state index is -0.240. The van der Waals surface area contributed by atoms with Gasteiger partial charge in [-0.3, -0.25) is 19.3 Å². The van der Waals surface area contributed by atoms with Gasteiger partial charge in [0.15, 0.2) is 0 Å². The number of nitrogens with one attached hydrogen (secondary N) is 1. The second-order valence-corrected chi connectivity index (χ2v) is 10.4. The van der Waals surface area contributed by atoms with E-state index in [2.05, 4.69) is 24.1 Å². The van der Waals surface area contributed by atoms with Crippen molar-refractivity contribution in [2.24, 2.45) is 5.41 Å². The fraction of sp³-hybridized carbons (Fsp3) is 0.577. The predicted molar refractivity (Wildman–Crippen MR) is 129 cm³/mol. The van der Waals surface area contributed by atoms with Crippen LogP contribution in [0.2, 0.25) is 0 Å². The van der Waals surface area contributed by atoms with Crippen LogP contribution in [0.4, 0.5) is 0 Å². The zero-order chi connectivity index (χ0) is 23.0. The molecule has 2 atom stereocenters. The zero-order valence-electron chi connectivity index (χ0n) is 19.2. The van der Waals surface area contributed by atoms with Gasteiger partial charge in [0.05, 0.1) is 5.25 Å². The van der Waals surface area contributed by atoms with Crippen LogP contribution in [0.5, 0.6) is 0 Å². The zero-order valence-corrected chi connectivity index (χ0v) is 20.1. The molecule has 3 amide bonds. The fourth-order valence-corrected chi connectivity index (χ4v) is 5.29. The maximum Gasteiger partial charge on any atom is 0.251 e. The van der Waals surface area contributed by atoms with Crippen LogP contribution < -0.4 is 5.32 Å². The first-order valence-electron chi connectivity index (χ1n) is 11.7. The molecule has 2 aliphatic rings. The normalized spacial score (nSPS) is 23.3. The molecule has 0 bridgehead atoms. The summed E-state index contributed by atoms with van der Waals surface area (Å²) in [5, 5.41) is 2.66. The maximum absolute atomic E-state index is 12.5. The first-order valence-corrected chi connectivity index (χ1v) is 12.8. The van der Waals surface area contributed by atoms with Gasteiger partial charge in [0.1, 0.15) is 0 Å². The summed E-state index contributed by atoms with van der Waals surface area (Å²) in [6.07, 6.45) is 7.53. The summed E-state index contributed by atoms with van der Waals surface area (Å²) in [6, 6.07) is 7.77. The molecule has 1 heterocycles. The van der Waals surface area contributed by atoms with E-state index >= 15 is 0 Å². The van der Waals surface area contributed by atoms with E-state index in [1.165, 1.54) is 41.5 Å². The molecular weight excluding hydrogens is 420 g/mol. The molecule has 1 aromatic rings. The Morgan fingerprint density at radius 1 is 1.22 bits per heavy atom. The molecule has 32 heavy (non-hydrogen) atoms. The quantitative estimate of drug-likeness (QED) is 0.345. The van der Waals surface area contributed by atoms with Gasteiger partial charge < -0.3 is 5.32 Å². The molecule has 6 heteroatoms. The summed E-state index contributed by atoms with van der Waals surface area (Å²) in [5.41, 5.74) is 1.82. The highest BCUT2D eigenvalue weighted by Crippen LogP contribution is 2.30. The summed E-state index contributed by atoms with van der Waals surface area (Å²) >= 11 is 1.52. The van der Waals surface area contributed by atoms with Gasteiger partial charge in [0.2, 0.25) is 11.8 Å². The van der Waals surface area contributed by atoms with Gasteiger partial charge in [-0.05, 0) is 56.1 Å². The molecule has 5 nitrogen and oxygen atoms in total. The van der Waals surface area contributed by atoms with Crippen molar-refractivity contribution in [2.45, 2.75) is 70.5 Å². The third-order valence-electron chi connectivity index (χ3n) is 6.15. The van der Waals surface area contributed by atoms with Crippen molar-refractivity contribution in [3.05, 3.63) is 35.4 Å². The number of carbonyl (C=O) groups is 3. The number of rotatable bonds is 9. The Hall–Kier alpha value is -2.26. The lowest BCUT2D eigenvalue weighted by atomic mass is 9.78. The summed E-state index contributed by atoms with van der Waals surface area (Å²) < 4.78 is 0. The van der Waals surface area contributed by atoms with Gasteiger partial charge in [-0.15, -0.1) is 17.7 Å². The number of imide groups is 1.